The molecule has 5 heteroatoms. The van der Waals surface area contributed by atoms with E-state index < -0.39 is 17.9 Å². The van der Waals surface area contributed by atoms with Gasteiger partial charge in [-0.1, -0.05) is 6.07 Å². The van der Waals surface area contributed by atoms with Crippen molar-refractivity contribution in [2.75, 3.05) is 6.61 Å². The zero-order valence-electron chi connectivity index (χ0n) is 12.8. The molecule has 21 heavy (non-hydrogen) atoms. The van der Waals surface area contributed by atoms with Crippen LogP contribution in [-0.2, 0) is 9.59 Å². The Labute approximate surface area is 124 Å². The third kappa shape index (κ3) is 3.01. The van der Waals surface area contributed by atoms with E-state index in [1.807, 2.05) is 26.0 Å². The highest BCUT2D eigenvalue weighted by atomic mass is 16.5. The van der Waals surface area contributed by atoms with E-state index in [9.17, 15) is 9.59 Å². The molecule has 0 fully saturated rings. The van der Waals surface area contributed by atoms with Gasteiger partial charge >= 0.3 is 5.97 Å². The molecular weight excluding hydrogens is 270 g/mol. The minimum absolute atomic E-state index is 0.183. The normalized spacial score (nSPS) is 19.3. The molecule has 0 aromatic heterocycles. The second kappa shape index (κ2) is 5.76. The van der Waals surface area contributed by atoms with Crippen LogP contribution in [0.25, 0.3) is 0 Å². The van der Waals surface area contributed by atoms with Crippen molar-refractivity contribution in [2.24, 2.45) is 5.92 Å². The number of aliphatic carboxylic acids is 1. The van der Waals surface area contributed by atoms with E-state index in [2.05, 4.69) is 5.32 Å². The lowest BCUT2D eigenvalue weighted by Crippen LogP contribution is -2.42. The SMILES string of the molecule is Cc1cc2c(cc1C)C(C(=O)NC(C)C(C)C(=O)O)CO2. The molecule has 3 unspecified atom stereocenters. The van der Waals surface area contributed by atoms with Gasteiger partial charge in [-0.2, -0.15) is 0 Å². The van der Waals surface area contributed by atoms with E-state index in [1.54, 1.807) is 13.8 Å². The molecule has 0 radical (unpaired) electrons. The number of ether oxygens (including phenoxy) is 1. The summed E-state index contributed by atoms with van der Waals surface area (Å²) in [7, 11) is 0. The maximum Gasteiger partial charge on any atom is 0.308 e. The quantitative estimate of drug-likeness (QED) is 0.889. The van der Waals surface area contributed by atoms with Crippen molar-refractivity contribution in [2.45, 2.75) is 39.7 Å². The van der Waals surface area contributed by atoms with Gasteiger partial charge in [-0.3, -0.25) is 9.59 Å². The van der Waals surface area contributed by atoms with Gasteiger partial charge in [0.2, 0.25) is 5.91 Å². The summed E-state index contributed by atoms with van der Waals surface area (Å²) in [6, 6.07) is 3.50. The van der Waals surface area contributed by atoms with Crippen molar-refractivity contribution < 1.29 is 19.4 Å². The highest BCUT2D eigenvalue weighted by molar-refractivity contribution is 5.86. The number of rotatable bonds is 4. The molecule has 2 rings (SSSR count). The summed E-state index contributed by atoms with van der Waals surface area (Å²) in [5.41, 5.74) is 3.12. The Kier molecular flexibility index (Phi) is 4.21. The van der Waals surface area contributed by atoms with E-state index in [4.69, 9.17) is 9.84 Å². The molecule has 3 atom stereocenters. The van der Waals surface area contributed by atoms with Gasteiger partial charge in [0.1, 0.15) is 18.3 Å². The largest absolute Gasteiger partial charge is 0.492 e. The third-order valence-electron chi connectivity index (χ3n) is 4.23. The van der Waals surface area contributed by atoms with Gasteiger partial charge < -0.3 is 15.2 Å². The van der Waals surface area contributed by atoms with Gasteiger partial charge in [-0.25, -0.2) is 0 Å². The van der Waals surface area contributed by atoms with Crippen LogP contribution in [0.15, 0.2) is 12.1 Å². The first-order chi connectivity index (χ1) is 9.81. The predicted molar refractivity (Wildman–Crippen MR) is 78.6 cm³/mol. The van der Waals surface area contributed by atoms with Crippen molar-refractivity contribution >= 4 is 11.9 Å². The molecule has 5 nitrogen and oxygen atoms in total. The fourth-order valence-corrected chi connectivity index (χ4v) is 2.35. The number of aryl methyl sites for hydroxylation is 2. The summed E-state index contributed by atoms with van der Waals surface area (Å²) in [5, 5.41) is 11.8. The summed E-state index contributed by atoms with van der Waals surface area (Å²) in [6.45, 7) is 7.59. The molecule has 114 valence electrons. The van der Waals surface area contributed by atoms with Crippen LogP contribution in [0.5, 0.6) is 5.75 Å². The Bertz CT molecular complexity index is 582. The van der Waals surface area contributed by atoms with Crippen LogP contribution in [0, 0.1) is 19.8 Å². The van der Waals surface area contributed by atoms with Gasteiger partial charge in [-0.15, -0.1) is 0 Å². The first-order valence-corrected chi connectivity index (χ1v) is 7.08. The van der Waals surface area contributed by atoms with Gasteiger partial charge in [0, 0.05) is 11.6 Å². The van der Waals surface area contributed by atoms with Crippen LogP contribution < -0.4 is 10.1 Å². The highest BCUT2D eigenvalue weighted by Gasteiger charge is 2.32. The van der Waals surface area contributed by atoms with Crippen molar-refractivity contribution in [3.63, 3.8) is 0 Å². The Morgan fingerprint density at radius 1 is 1.29 bits per heavy atom. The molecule has 1 aliphatic heterocycles. The first-order valence-electron chi connectivity index (χ1n) is 7.08. The summed E-state index contributed by atoms with van der Waals surface area (Å²) in [5.74, 6) is -1.36. The lowest BCUT2D eigenvalue weighted by Gasteiger charge is -2.20. The van der Waals surface area contributed by atoms with Gasteiger partial charge in [-0.05, 0) is 44.9 Å². The van der Waals surface area contributed by atoms with Crippen molar-refractivity contribution in [1.29, 1.82) is 0 Å². The maximum atomic E-state index is 12.4. The number of carbonyl (C=O) groups is 2. The Balaban J connectivity index is 2.13. The van der Waals surface area contributed by atoms with Crippen LogP contribution in [0.1, 0.15) is 36.5 Å². The average Bonchev–Trinajstić information content (AvgIpc) is 2.81. The second-order valence-corrected chi connectivity index (χ2v) is 5.76. The predicted octanol–water partition coefficient (Wildman–Crippen LogP) is 2.00. The molecular formula is C16H21NO4. The number of nitrogens with one attached hydrogen (secondary N) is 1. The summed E-state index contributed by atoms with van der Waals surface area (Å²) in [4.78, 5) is 23.3. The average molecular weight is 291 g/mol. The standard InChI is InChI=1S/C16H21NO4/c1-8-5-12-13(7-21-14(12)6-9(8)2)15(18)17-11(4)10(3)16(19)20/h5-6,10-11,13H,7H2,1-4H3,(H,17,18)(H,19,20). The molecule has 1 aromatic rings. The molecule has 0 bridgehead atoms. The van der Waals surface area contributed by atoms with Crippen molar-refractivity contribution in [1.82, 2.24) is 5.32 Å². The van der Waals surface area contributed by atoms with E-state index >= 15 is 0 Å². The van der Waals surface area contributed by atoms with Crippen molar-refractivity contribution in [3.8, 4) is 5.75 Å². The molecule has 1 amide bonds. The van der Waals surface area contributed by atoms with Crippen molar-refractivity contribution in [3.05, 3.63) is 28.8 Å². The van der Waals surface area contributed by atoms with Crippen LogP contribution in [0.4, 0.5) is 0 Å². The van der Waals surface area contributed by atoms with Gasteiger partial charge in [0.15, 0.2) is 0 Å². The van der Waals surface area contributed by atoms with Gasteiger partial charge in [0.25, 0.3) is 0 Å². The molecule has 0 spiro atoms. The summed E-state index contributed by atoms with van der Waals surface area (Å²) >= 11 is 0. The molecule has 0 saturated carbocycles. The molecule has 1 heterocycles. The molecule has 0 saturated heterocycles. The summed E-state index contributed by atoms with van der Waals surface area (Å²) < 4.78 is 5.58. The fourth-order valence-electron chi connectivity index (χ4n) is 2.35. The molecule has 1 aliphatic rings. The molecule has 2 N–H and O–H groups in total. The number of fused-ring (bicyclic) bond motifs is 1. The number of hydrogen-bond donors (Lipinski definition) is 2. The summed E-state index contributed by atoms with van der Waals surface area (Å²) in [6.07, 6.45) is 0. The third-order valence-corrected chi connectivity index (χ3v) is 4.23. The minimum atomic E-state index is -0.919. The minimum Gasteiger partial charge on any atom is -0.492 e. The highest BCUT2D eigenvalue weighted by Crippen LogP contribution is 2.36. The fraction of sp³-hybridized carbons (Fsp3) is 0.500. The van der Waals surface area contributed by atoms with E-state index in [0.717, 1.165) is 22.4 Å². The van der Waals surface area contributed by atoms with E-state index in [-0.39, 0.29) is 11.8 Å². The Hall–Kier alpha value is -2.04. The smallest absolute Gasteiger partial charge is 0.308 e. The number of carbonyl (C=O) groups excluding carboxylic acids is 1. The second-order valence-electron chi connectivity index (χ2n) is 5.76. The molecule has 1 aromatic carbocycles. The monoisotopic (exact) mass is 291 g/mol. The lowest BCUT2D eigenvalue weighted by molar-refractivity contribution is -0.142. The van der Waals surface area contributed by atoms with Crippen LogP contribution >= 0.6 is 0 Å². The van der Waals surface area contributed by atoms with Crippen LogP contribution in [-0.4, -0.2) is 29.6 Å². The van der Waals surface area contributed by atoms with Crippen LogP contribution in [0.3, 0.4) is 0 Å². The van der Waals surface area contributed by atoms with Gasteiger partial charge in [0.05, 0.1) is 5.92 Å². The number of benzene rings is 1. The topological polar surface area (TPSA) is 75.6 Å². The Morgan fingerprint density at radius 2 is 1.90 bits per heavy atom. The number of carboxylic acids is 1. The van der Waals surface area contributed by atoms with Crippen LogP contribution in [0.2, 0.25) is 0 Å². The Morgan fingerprint density at radius 3 is 2.52 bits per heavy atom. The first kappa shape index (κ1) is 15.4. The zero-order valence-corrected chi connectivity index (χ0v) is 12.8. The number of carboxylic acid groups (broad SMARTS) is 1. The van der Waals surface area contributed by atoms with E-state index in [0.29, 0.717) is 6.61 Å². The van der Waals surface area contributed by atoms with E-state index in [1.165, 1.54) is 0 Å². The number of amides is 1. The lowest BCUT2D eigenvalue weighted by atomic mass is 9.95. The zero-order chi connectivity index (χ0) is 15.7. The number of hydrogen-bond acceptors (Lipinski definition) is 3. The maximum absolute atomic E-state index is 12.4. The molecule has 0 aliphatic carbocycles.